The predicted octanol–water partition coefficient (Wildman–Crippen LogP) is 1.83. The molecule has 2 heterocycles. The Balaban J connectivity index is 2.09. The third-order valence-electron chi connectivity index (χ3n) is 3.23. The molecule has 0 atom stereocenters. The van der Waals surface area contributed by atoms with Crippen LogP contribution in [0.1, 0.15) is 25.7 Å². The van der Waals surface area contributed by atoms with E-state index in [1.54, 1.807) is 0 Å². The highest BCUT2D eigenvalue weighted by Crippen LogP contribution is 2.33. The zero-order valence-electron chi connectivity index (χ0n) is 8.40. The van der Waals surface area contributed by atoms with Gasteiger partial charge in [0, 0.05) is 13.1 Å². The van der Waals surface area contributed by atoms with Gasteiger partial charge in [0.25, 0.3) is 0 Å². The van der Waals surface area contributed by atoms with Crippen LogP contribution in [0.4, 0.5) is 0 Å². The van der Waals surface area contributed by atoms with Gasteiger partial charge in [0.05, 0.1) is 11.4 Å². The van der Waals surface area contributed by atoms with Crippen LogP contribution in [-0.2, 0) is 0 Å². The Morgan fingerprint density at radius 3 is 1.79 bits per heavy atom. The predicted molar refractivity (Wildman–Crippen MR) is 57.7 cm³/mol. The van der Waals surface area contributed by atoms with E-state index in [0.717, 1.165) is 13.1 Å². The lowest BCUT2D eigenvalue weighted by atomic mass is 9.87. The van der Waals surface area contributed by atoms with Crippen LogP contribution in [0.15, 0.2) is 34.7 Å². The highest BCUT2D eigenvalue weighted by atomic mass is 15.0. The Morgan fingerprint density at radius 1 is 0.786 bits per heavy atom. The molecular formula is C12H16N2. The molecule has 0 aromatic heterocycles. The number of nitrogens with one attached hydrogen (secondary N) is 2. The molecule has 1 aliphatic carbocycles. The van der Waals surface area contributed by atoms with Gasteiger partial charge in [-0.3, -0.25) is 0 Å². The van der Waals surface area contributed by atoms with Crippen LogP contribution in [-0.4, -0.2) is 13.1 Å². The van der Waals surface area contributed by atoms with Crippen LogP contribution in [0, 0.1) is 0 Å². The van der Waals surface area contributed by atoms with Crippen molar-refractivity contribution in [2.24, 2.45) is 0 Å². The fourth-order valence-electron chi connectivity index (χ4n) is 2.54. The zero-order valence-corrected chi connectivity index (χ0v) is 8.40. The van der Waals surface area contributed by atoms with E-state index in [0.29, 0.717) is 0 Å². The highest BCUT2D eigenvalue weighted by molar-refractivity contribution is 5.49. The van der Waals surface area contributed by atoms with Gasteiger partial charge in [-0.05, 0) is 36.8 Å². The van der Waals surface area contributed by atoms with Crippen molar-refractivity contribution < 1.29 is 0 Å². The molecule has 0 saturated heterocycles. The molecular weight excluding hydrogens is 172 g/mol. The second kappa shape index (κ2) is 3.19. The third kappa shape index (κ3) is 1.17. The molecule has 0 bridgehead atoms. The van der Waals surface area contributed by atoms with Crippen molar-refractivity contribution in [3.05, 3.63) is 34.7 Å². The molecule has 0 aromatic rings. The van der Waals surface area contributed by atoms with Crippen molar-refractivity contribution in [2.45, 2.75) is 25.7 Å². The minimum atomic E-state index is 1.09. The summed E-state index contributed by atoms with van der Waals surface area (Å²) in [7, 11) is 0. The molecule has 2 nitrogen and oxygen atoms in total. The van der Waals surface area contributed by atoms with Crippen molar-refractivity contribution in [1.82, 2.24) is 10.6 Å². The summed E-state index contributed by atoms with van der Waals surface area (Å²) in [6.45, 7) is 2.19. The summed E-state index contributed by atoms with van der Waals surface area (Å²) in [4.78, 5) is 0. The van der Waals surface area contributed by atoms with Gasteiger partial charge in [-0.2, -0.15) is 0 Å². The van der Waals surface area contributed by atoms with Crippen LogP contribution in [0.2, 0.25) is 0 Å². The molecule has 0 saturated carbocycles. The Morgan fingerprint density at radius 2 is 1.29 bits per heavy atom. The summed E-state index contributed by atoms with van der Waals surface area (Å²) < 4.78 is 0. The van der Waals surface area contributed by atoms with E-state index in [9.17, 15) is 0 Å². The van der Waals surface area contributed by atoms with E-state index >= 15 is 0 Å². The van der Waals surface area contributed by atoms with Crippen molar-refractivity contribution in [1.29, 1.82) is 0 Å². The standard InChI is InChI=1S/C12H16N2/c1-3-9-5-6-10-4-2-8-14-12(10)11(9)13-7-1/h3-4,13-14H,1-2,5-8H2. The fraction of sp³-hybridized carbons (Fsp3) is 0.500. The zero-order chi connectivity index (χ0) is 9.38. The Hall–Kier alpha value is -1.18. The quantitative estimate of drug-likeness (QED) is 0.606. The molecule has 0 fully saturated rings. The number of allylic oxidation sites excluding steroid dienone is 2. The molecule has 3 aliphatic rings. The number of fused-ring (bicyclic) bond motifs is 2. The molecule has 0 aromatic carbocycles. The molecule has 0 spiro atoms. The summed E-state index contributed by atoms with van der Waals surface area (Å²) in [5.74, 6) is 0. The summed E-state index contributed by atoms with van der Waals surface area (Å²) in [5.41, 5.74) is 5.82. The van der Waals surface area contributed by atoms with Gasteiger partial charge in [-0.15, -0.1) is 0 Å². The molecule has 0 amide bonds. The molecule has 0 unspecified atom stereocenters. The number of hydrogen-bond donors (Lipinski definition) is 2. The van der Waals surface area contributed by atoms with Crippen molar-refractivity contribution in [2.75, 3.05) is 13.1 Å². The van der Waals surface area contributed by atoms with Gasteiger partial charge in [0.2, 0.25) is 0 Å². The molecule has 74 valence electrons. The summed E-state index contributed by atoms with van der Waals surface area (Å²) >= 11 is 0. The summed E-state index contributed by atoms with van der Waals surface area (Å²) in [6.07, 6.45) is 9.60. The first-order valence-electron chi connectivity index (χ1n) is 5.56. The van der Waals surface area contributed by atoms with E-state index < -0.39 is 0 Å². The molecule has 3 rings (SSSR count). The maximum absolute atomic E-state index is 3.53. The molecule has 0 radical (unpaired) electrons. The summed E-state index contributed by atoms with van der Waals surface area (Å²) in [6, 6.07) is 0. The number of hydrogen-bond acceptors (Lipinski definition) is 2. The second-order valence-electron chi connectivity index (χ2n) is 4.14. The lowest BCUT2D eigenvalue weighted by molar-refractivity contribution is 0.659. The van der Waals surface area contributed by atoms with E-state index in [4.69, 9.17) is 0 Å². The van der Waals surface area contributed by atoms with Gasteiger partial charge in [0.15, 0.2) is 0 Å². The molecule has 2 heteroatoms. The largest absolute Gasteiger partial charge is 0.383 e. The average molecular weight is 188 g/mol. The number of rotatable bonds is 0. The second-order valence-corrected chi connectivity index (χ2v) is 4.14. The smallest absolute Gasteiger partial charge is 0.0608 e. The van der Waals surface area contributed by atoms with Crippen LogP contribution in [0.3, 0.4) is 0 Å². The Kier molecular flexibility index (Phi) is 1.86. The van der Waals surface area contributed by atoms with E-state index in [1.807, 2.05) is 0 Å². The van der Waals surface area contributed by atoms with Gasteiger partial charge in [-0.25, -0.2) is 0 Å². The topological polar surface area (TPSA) is 24.1 Å². The van der Waals surface area contributed by atoms with Gasteiger partial charge in [0.1, 0.15) is 0 Å². The highest BCUT2D eigenvalue weighted by Gasteiger charge is 2.23. The van der Waals surface area contributed by atoms with E-state index in [1.165, 1.54) is 48.2 Å². The first-order chi connectivity index (χ1) is 6.95. The normalized spacial score (nSPS) is 25.1. The van der Waals surface area contributed by atoms with Crippen LogP contribution < -0.4 is 10.6 Å². The van der Waals surface area contributed by atoms with Crippen molar-refractivity contribution >= 4 is 0 Å². The molecule has 2 aliphatic heterocycles. The van der Waals surface area contributed by atoms with E-state index in [-0.39, 0.29) is 0 Å². The minimum Gasteiger partial charge on any atom is -0.383 e. The van der Waals surface area contributed by atoms with Gasteiger partial charge < -0.3 is 10.6 Å². The first kappa shape index (κ1) is 8.16. The fourth-order valence-corrected chi connectivity index (χ4v) is 2.54. The third-order valence-corrected chi connectivity index (χ3v) is 3.23. The van der Waals surface area contributed by atoms with Crippen molar-refractivity contribution in [3.8, 4) is 0 Å². The molecule has 14 heavy (non-hydrogen) atoms. The maximum Gasteiger partial charge on any atom is 0.0608 e. The average Bonchev–Trinajstić information content (AvgIpc) is 2.29. The lowest BCUT2D eigenvalue weighted by Gasteiger charge is -2.31. The SMILES string of the molecule is C1=C2CCC3=CCCNC3=C2NCC1. The van der Waals surface area contributed by atoms with E-state index in [2.05, 4.69) is 22.8 Å². The van der Waals surface area contributed by atoms with Gasteiger partial charge in [-0.1, -0.05) is 12.2 Å². The molecule has 2 N–H and O–H groups in total. The van der Waals surface area contributed by atoms with Crippen molar-refractivity contribution in [3.63, 3.8) is 0 Å². The first-order valence-corrected chi connectivity index (χ1v) is 5.56. The Bertz CT molecular complexity index is 313. The Labute approximate surface area is 84.8 Å². The van der Waals surface area contributed by atoms with Crippen LogP contribution in [0.25, 0.3) is 0 Å². The summed E-state index contributed by atoms with van der Waals surface area (Å²) in [5, 5.41) is 7.06. The van der Waals surface area contributed by atoms with Crippen LogP contribution in [0.5, 0.6) is 0 Å². The van der Waals surface area contributed by atoms with Crippen LogP contribution >= 0.6 is 0 Å². The minimum absolute atomic E-state index is 1.09. The maximum atomic E-state index is 3.53. The van der Waals surface area contributed by atoms with Gasteiger partial charge >= 0.3 is 0 Å². The monoisotopic (exact) mass is 188 g/mol. The lowest BCUT2D eigenvalue weighted by Crippen LogP contribution is -2.32.